The number of likely N-dealkylation sites (tertiary alicyclic amines) is 1. The molecule has 0 bridgehead atoms. The smallest absolute Gasteiger partial charge is 0.329 e. The third-order valence-electron chi connectivity index (χ3n) is 3.42. The van der Waals surface area contributed by atoms with E-state index in [1.54, 1.807) is 4.90 Å². The normalized spacial score (nSPS) is 17.9. The SMILES string of the molecule is CC(C)NC(=O)N1CCC[C@H]1C(=O)OCc1ccccc1. The summed E-state index contributed by atoms with van der Waals surface area (Å²) in [7, 11) is 0. The van der Waals surface area contributed by atoms with Crippen molar-refractivity contribution in [2.45, 2.75) is 45.4 Å². The maximum Gasteiger partial charge on any atom is 0.329 e. The number of carbonyl (C=O) groups excluding carboxylic acids is 2. The van der Waals surface area contributed by atoms with Crippen LogP contribution in [0.25, 0.3) is 0 Å². The Kier molecular flexibility index (Phi) is 5.20. The van der Waals surface area contributed by atoms with Crippen molar-refractivity contribution < 1.29 is 14.3 Å². The molecule has 5 heteroatoms. The number of ether oxygens (including phenoxy) is 1. The number of rotatable bonds is 4. The minimum atomic E-state index is -0.465. The molecule has 1 heterocycles. The standard InChI is InChI=1S/C16H22N2O3/c1-12(2)17-16(20)18-10-6-9-14(18)15(19)21-11-13-7-4-3-5-8-13/h3-5,7-8,12,14H,6,9-11H2,1-2H3,(H,17,20)/t14-/m0/s1. The lowest BCUT2D eigenvalue weighted by molar-refractivity contribution is -0.149. The summed E-state index contributed by atoms with van der Waals surface area (Å²) in [4.78, 5) is 25.8. The van der Waals surface area contributed by atoms with Crippen molar-refractivity contribution in [3.8, 4) is 0 Å². The van der Waals surface area contributed by atoms with Crippen molar-refractivity contribution in [3.63, 3.8) is 0 Å². The van der Waals surface area contributed by atoms with E-state index in [-0.39, 0.29) is 24.6 Å². The molecule has 5 nitrogen and oxygen atoms in total. The van der Waals surface area contributed by atoms with Gasteiger partial charge in [0, 0.05) is 12.6 Å². The third-order valence-corrected chi connectivity index (χ3v) is 3.42. The van der Waals surface area contributed by atoms with E-state index < -0.39 is 6.04 Å². The minimum absolute atomic E-state index is 0.0547. The summed E-state index contributed by atoms with van der Waals surface area (Å²) in [6, 6.07) is 8.94. The van der Waals surface area contributed by atoms with Crippen LogP contribution in [0.2, 0.25) is 0 Å². The molecule has 1 aromatic carbocycles. The van der Waals surface area contributed by atoms with Gasteiger partial charge in [0.1, 0.15) is 12.6 Å². The lowest BCUT2D eigenvalue weighted by atomic mass is 10.2. The molecule has 21 heavy (non-hydrogen) atoms. The fraction of sp³-hybridized carbons (Fsp3) is 0.500. The molecular formula is C16H22N2O3. The molecule has 0 aromatic heterocycles. The van der Waals surface area contributed by atoms with E-state index in [9.17, 15) is 9.59 Å². The van der Waals surface area contributed by atoms with E-state index in [1.165, 1.54) is 0 Å². The second-order valence-corrected chi connectivity index (χ2v) is 5.55. The van der Waals surface area contributed by atoms with Crippen molar-refractivity contribution in [1.82, 2.24) is 10.2 Å². The van der Waals surface area contributed by atoms with Gasteiger partial charge in [0.25, 0.3) is 0 Å². The van der Waals surface area contributed by atoms with Crippen molar-refractivity contribution in [1.29, 1.82) is 0 Å². The Morgan fingerprint density at radius 1 is 1.33 bits per heavy atom. The fourth-order valence-electron chi connectivity index (χ4n) is 2.41. The minimum Gasteiger partial charge on any atom is -0.459 e. The van der Waals surface area contributed by atoms with Crippen molar-refractivity contribution in [2.24, 2.45) is 0 Å². The lowest BCUT2D eigenvalue weighted by Crippen LogP contribution is -2.48. The molecule has 1 aliphatic heterocycles. The fourth-order valence-corrected chi connectivity index (χ4v) is 2.41. The number of hydrogen-bond donors (Lipinski definition) is 1. The van der Waals surface area contributed by atoms with Gasteiger partial charge < -0.3 is 15.0 Å². The lowest BCUT2D eigenvalue weighted by Gasteiger charge is -2.24. The van der Waals surface area contributed by atoms with Gasteiger partial charge in [-0.2, -0.15) is 0 Å². The van der Waals surface area contributed by atoms with Crippen LogP contribution < -0.4 is 5.32 Å². The van der Waals surface area contributed by atoms with Crippen LogP contribution in [-0.4, -0.2) is 35.5 Å². The Balaban J connectivity index is 1.90. The molecule has 0 aliphatic carbocycles. The molecule has 0 saturated carbocycles. The molecule has 114 valence electrons. The van der Waals surface area contributed by atoms with Gasteiger partial charge in [-0.25, -0.2) is 9.59 Å². The van der Waals surface area contributed by atoms with Crippen LogP contribution in [0.1, 0.15) is 32.3 Å². The maximum absolute atomic E-state index is 12.2. The Labute approximate surface area is 125 Å². The number of nitrogens with one attached hydrogen (secondary N) is 1. The third kappa shape index (κ3) is 4.21. The van der Waals surface area contributed by atoms with Crippen LogP contribution >= 0.6 is 0 Å². The Morgan fingerprint density at radius 3 is 2.71 bits per heavy atom. The predicted octanol–water partition coefficient (Wildman–Crippen LogP) is 2.31. The largest absolute Gasteiger partial charge is 0.459 e. The summed E-state index contributed by atoms with van der Waals surface area (Å²) < 4.78 is 5.34. The number of esters is 1. The highest BCUT2D eigenvalue weighted by Gasteiger charge is 2.35. The average molecular weight is 290 g/mol. The van der Waals surface area contributed by atoms with Crippen LogP contribution in [0.5, 0.6) is 0 Å². The first kappa shape index (κ1) is 15.4. The van der Waals surface area contributed by atoms with Crippen LogP contribution in [0, 0.1) is 0 Å². The number of nitrogens with zero attached hydrogens (tertiary/aromatic N) is 1. The van der Waals surface area contributed by atoms with Gasteiger partial charge >= 0.3 is 12.0 Å². The Morgan fingerprint density at radius 2 is 2.05 bits per heavy atom. The second kappa shape index (κ2) is 7.11. The topological polar surface area (TPSA) is 58.6 Å². The number of benzene rings is 1. The van der Waals surface area contributed by atoms with Gasteiger partial charge in [-0.3, -0.25) is 0 Å². The highest BCUT2D eigenvalue weighted by molar-refractivity contribution is 5.84. The van der Waals surface area contributed by atoms with Crippen LogP contribution in [0.15, 0.2) is 30.3 Å². The molecule has 2 amide bonds. The molecular weight excluding hydrogens is 268 g/mol. The summed E-state index contributed by atoms with van der Waals surface area (Å²) in [6.07, 6.45) is 1.50. The van der Waals surface area contributed by atoms with Crippen LogP contribution in [0.4, 0.5) is 4.79 Å². The van der Waals surface area contributed by atoms with E-state index in [4.69, 9.17) is 4.74 Å². The Hall–Kier alpha value is -2.04. The highest BCUT2D eigenvalue weighted by Crippen LogP contribution is 2.19. The van der Waals surface area contributed by atoms with E-state index in [2.05, 4.69) is 5.32 Å². The first-order chi connectivity index (χ1) is 10.1. The first-order valence-corrected chi connectivity index (χ1v) is 7.35. The second-order valence-electron chi connectivity index (χ2n) is 5.55. The van der Waals surface area contributed by atoms with Crippen molar-refractivity contribution in [2.75, 3.05) is 6.54 Å². The summed E-state index contributed by atoms with van der Waals surface area (Å²) in [5.74, 6) is -0.324. The zero-order chi connectivity index (χ0) is 15.2. The van der Waals surface area contributed by atoms with E-state index in [0.29, 0.717) is 13.0 Å². The van der Waals surface area contributed by atoms with E-state index >= 15 is 0 Å². The van der Waals surface area contributed by atoms with Crippen LogP contribution in [0.3, 0.4) is 0 Å². The molecule has 1 saturated heterocycles. The van der Waals surface area contributed by atoms with Gasteiger partial charge in [-0.05, 0) is 32.3 Å². The maximum atomic E-state index is 12.2. The quantitative estimate of drug-likeness (QED) is 0.866. The average Bonchev–Trinajstić information content (AvgIpc) is 2.95. The molecule has 0 radical (unpaired) electrons. The zero-order valence-corrected chi connectivity index (χ0v) is 12.5. The van der Waals surface area contributed by atoms with Gasteiger partial charge in [0.15, 0.2) is 0 Å². The summed E-state index contributed by atoms with van der Waals surface area (Å²) in [6.45, 7) is 4.65. The molecule has 1 N–H and O–H groups in total. The molecule has 0 unspecified atom stereocenters. The Bertz CT molecular complexity index is 488. The van der Waals surface area contributed by atoms with Crippen molar-refractivity contribution in [3.05, 3.63) is 35.9 Å². The molecule has 0 spiro atoms. The van der Waals surface area contributed by atoms with E-state index in [0.717, 1.165) is 12.0 Å². The van der Waals surface area contributed by atoms with Gasteiger partial charge in [0.05, 0.1) is 0 Å². The molecule has 1 aliphatic rings. The molecule has 2 rings (SSSR count). The summed E-state index contributed by atoms with van der Waals surface area (Å²) in [5, 5.41) is 2.82. The molecule has 1 atom stereocenters. The number of carbonyl (C=O) groups is 2. The summed E-state index contributed by atoms with van der Waals surface area (Å²) >= 11 is 0. The predicted molar refractivity (Wildman–Crippen MR) is 79.6 cm³/mol. The van der Waals surface area contributed by atoms with Crippen molar-refractivity contribution >= 4 is 12.0 Å². The zero-order valence-electron chi connectivity index (χ0n) is 12.5. The first-order valence-electron chi connectivity index (χ1n) is 7.35. The highest BCUT2D eigenvalue weighted by atomic mass is 16.5. The van der Waals surface area contributed by atoms with Crippen LogP contribution in [-0.2, 0) is 16.1 Å². The van der Waals surface area contributed by atoms with E-state index in [1.807, 2.05) is 44.2 Å². The number of hydrogen-bond acceptors (Lipinski definition) is 3. The van der Waals surface area contributed by atoms with Gasteiger partial charge in [-0.1, -0.05) is 30.3 Å². The number of urea groups is 1. The monoisotopic (exact) mass is 290 g/mol. The number of amides is 2. The van der Waals surface area contributed by atoms with Gasteiger partial charge in [0.2, 0.25) is 0 Å². The van der Waals surface area contributed by atoms with Gasteiger partial charge in [-0.15, -0.1) is 0 Å². The summed E-state index contributed by atoms with van der Waals surface area (Å²) in [5.41, 5.74) is 0.946. The molecule has 1 fully saturated rings. The molecule has 1 aromatic rings.